The molecule has 0 atom stereocenters. The molecule has 0 saturated heterocycles. The van der Waals surface area contributed by atoms with E-state index in [9.17, 15) is 42.6 Å². The van der Waals surface area contributed by atoms with Gasteiger partial charge in [-0.15, -0.1) is 0 Å². The zero-order valence-corrected chi connectivity index (χ0v) is 16.8. The largest absolute Gasteiger partial charge is 0.478 e. The molecule has 0 unspecified atom stereocenters. The molecule has 0 radical (unpaired) electrons. The molecule has 4 N–H and O–H groups in total. The quantitative estimate of drug-likeness (QED) is 0.397. The Balaban J connectivity index is 2.28. The summed E-state index contributed by atoms with van der Waals surface area (Å²) in [5.74, 6) is -6.26. The Hall–Kier alpha value is -4.67. The molecule has 0 aliphatic carbocycles. The number of carbonyl (C=O) groups is 4. The highest BCUT2D eigenvalue weighted by Crippen LogP contribution is 2.37. The van der Waals surface area contributed by atoms with Gasteiger partial charge in [-0.1, -0.05) is 12.1 Å². The van der Waals surface area contributed by atoms with Crippen LogP contribution in [-0.4, -0.2) is 44.3 Å². The van der Waals surface area contributed by atoms with E-state index in [1.165, 1.54) is 6.07 Å². The summed E-state index contributed by atoms with van der Waals surface area (Å²) in [6.45, 7) is 0. The fourth-order valence-corrected chi connectivity index (χ4v) is 3.30. The Labute approximate surface area is 188 Å². The number of carboxylic acid groups (broad SMARTS) is 4. The fraction of sp³-hybridized carbons (Fsp3) is 0.0435. The number of hydrogen-bond acceptors (Lipinski definition) is 4. The Morgan fingerprint density at radius 1 is 0.500 bits per heavy atom. The summed E-state index contributed by atoms with van der Waals surface area (Å²) < 4.78 is 40.8. The highest BCUT2D eigenvalue weighted by atomic mass is 19.4. The normalized spacial score (nSPS) is 11.1. The molecule has 174 valence electrons. The molecule has 0 aromatic heterocycles. The van der Waals surface area contributed by atoms with Crippen molar-refractivity contribution < 1.29 is 52.8 Å². The first-order valence-electron chi connectivity index (χ1n) is 9.24. The monoisotopic (exact) mass is 474 g/mol. The maximum atomic E-state index is 13.6. The topological polar surface area (TPSA) is 149 Å². The van der Waals surface area contributed by atoms with Crippen LogP contribution in [0.5, 0.6) is 0 Å². The SMILES string of the molecule is O=C(O)c1ccc(-c2cc(-c3ccc(C(=O)O)c(C(=O)O)c3)cc(C(F)(F)F)c2)cc1C(=O)O. The first-order chi connectivity index (χ1) is 15.8. The number of rotatable bonds is 6. The molecule has 0 saturated carbocycles. The minimum Gasteiger partial charge on any atom is -0.478 e. The molecule has 11 heteroatoms. The number of aromatic carboxylic acids is 4. The predicted octanol–water partition coefficient (Wildman–Crippen LogP) is 4.83. The van der Waals surface area contributed by atoms with Crippen molar-refractivity contribution in [2.75, 3.05) is 0 Å². The van der Waals surface area contributed by atoms with Crippen molar-refractivity contribution in [3.05, 3.63) is 82.4 Å². The number of alkyl halides is 3. The van der Waals surface area contributed by atoms with Crippen LogP contribution in [0, 0.1) is 0 Å². The highest BCUT2D eigenvalue weighted by molar-refractivity contribution is 6.03. The van der Waals surface area contributed by atoms with Crippen LogP contribution in [0.4, 0.5) is 13.2 Å². The molecule has 3 aromatic rings. The Morgan fingerprint density at radius 3 is 1.15 bits per heavy atom. The van der Waals surface area contributed by atoms with Gasteiger partial charge in [-0.25, -0.2) is 19.2 Å². The van der Waals surface area contributed by atoms with Gasteiger partial charge in [0.05, 0.1) is 27.8 Å². The van der Waals surface area contributed by atoms with Crippen molar-refractivity contribution in [1.29, 1.82) is 0 Å². The lowest BCUT2D eigenvalue weighted by Crippen LogP contribution is -2.09. The van der Waals surface area contributed by atoms with E-state index in [0.29, 0.717) is 0 Å². The van der Waals surface area contributed by atoms with Gasteiger partial charge in [-0.2, -0.15) is 13.2 Å². The summed E-state index contributed by atoms with van der Waals surface area (Å²) in [6.07, 6.45) is -4.84. The lowest BCUT2D eigenvalue weighted by Gasteiger charge is -2.14. The van der Waals surface area contributed by atoms with Crippen LogP contribution in [0.15, 0.2) is 54.6 Å². The number of carboxylic acids is 4. The van der Waals surface area contributed by atoms with Crippen LogP contribution in [0.1, 0.15) is 47.0 Å². The summed E-state index contributed by atoms with van der Waals surface area (Å²) in [5, 5.41) is 36.9. The van der Waals surface area contributed by atoms with Crippen LogP contribution >= 0.6 is 0 Å². The molecule has 0 bridgehead atoms. The molecule has 0 aliphatic rings. The maximum absolute atomic E-state index is 13.6. The molecule has 0 heterocycles. The van der Waals surface area contributed by atoms with Gasteiger partial charge in [0.1, 0.15) is 0 Å². The van der Waals surface area contributed by atoms with E-state index < -0.39 is 57.9 Å². The Kier molecular flexibility index (Phi) is 6.13. The minimum atomic E-state index is -4.84. The third-order valence-corrected chi connectivity index (χ3v) is 4.89. The zero-order chi connectivity index (χ0) is 25.4. The van der Waals surface area contributed by atoms with Crippen LogP contribution in [0.3, 0.4) is 0 Å². The molecular formula is C23H13F3O8. The van der Waals surface area contributed by atoms with Gasteiger partial charge >= 0.3 is 30.1 Å². The van der Waals surface area contributed by atoms with Crippen LogP contribution in [0.2, 0.25) is 0 Å². The van der Waals surface area contributed by atoms with Gasteiger partial charge in [0.25, 0.3) is 0 Å². The lowest BCUT2D eigenvalue weighted by atomic mass is 9.92. The van der Waals surface area contributed by atoms with Gasteiger partial charge < -0.3 is 20.4 Å². The molecule has 3 rings (SSSR count). The molecule has 0 spiro atoms. The van der Waals surface area contributed by atoms with Crippen LogP contribution < -0.4 is 0 Å². The molecule has 0 aliphatic heterocycles. The molecule has 3 aromatic carbocycles. The summed E-state index contributed by atoms with van der Waals surface area (Å²) in [4.78, 5) is 45.4. The predicted molar refractivity (Wildman–Crippen MR) is 110 cm³/mol. The van der Waals surface area contributed by atoms with Crippen molar-refractivity contribution in [3.63, 3.8) is 0 Å². The first kappa shape index (κ1) is 24.0. The smallest absolute Gasteiger partial charge is 0.416 e. The van der Waals surface area contributed by atoms with Gasteiger partial charge in [0, 0.05) is 0 Å². The van der Waals surface area contributed by atoms with E-state index in [1.807, 2.05) is 0 Å². The summed E-state index contributed by atoms with van der Waals surface area (Å²) in [7, 11) is 0. The standard InChI is InChI=1S/C23H13F3O8/c24-23(25,26)14-6-12(10-1-3-15(19(27)28)17(8-10)21(31)32)5-13(7-14)11-2-4-16(20(29)30)18(9-11)22(33)34/h1-9H,(H,27,28)(H,29,30)(H,31,32)(H,33,34). The van der Waals surface area contributed by atoms with Gasteiger partial charge in [0.2, 0.25) is 0 Å². The van der Waals surface area contributed by atoms with Gasteiger partial charge in [-0.05, 0) is 64.7 Å². The molecule has 0 amide bonds. The Morgan fingerprint density at radius 2 is 0.853 bits per heavy atom. The van der Waals surface area contributed by atoms with Crippen molar-refractivity contribution in [3.8, 4) is 22.3 Å². The van der Waals surface area contributed by atoms with Crippen molar-refractivity contribution >= 4 is 23.9 Å². The summed E-state index contributed by atoms with van der Waals surface area (Å²) in [5.41, 5.74) is -3.83. The fourth-order valence-electron chi connectivity index (χ4n) is 3.30. The van der Waals surface area contributed by atoms with Crippen LogP contribution in [0.25, 0.3) is 22.3 Å². The second-order valence-electron chi connectivity index (χ2n) is 7.04. The van der Waals surface area contributed by atoms with E-state index in [4.69, 9.17) is 10.2 Å². The van der Waals surface area contributed by atoms with Crippen LogP contribution in [-0.2, 0) is 6.18 Å². The van der Waals surface area contributed by atoms with Gasteiger partial charge in [0.15, 0.2) is 0 Å². The van der Waals surface area contributed by atoms with E-state index >= 15 is 0 Å². The molecule has 8 nitrogen and oxygen atoms in total. The zero-order valence-electron chi connectivity index (χ0n) is 16.8. The number of benzene rings is 3. The van der Waals surface area contributed by atoms with E-state index in [-0.39, 0.29) is 22.3 Å². The average molecular weight is 474 g/mol. The van der Waals surface area contributed by atoms with Crippen molar-refractivity contribution in [2.45, 2.75) is 6.18 Å². The lowest BCUT2D eigenvalue weighted by molar-refractivity contribution is -0.137. The highest BCUT2D eigenvalue weighted by Gasteiger charge is 2.32. The average Bonchev–Trinajstić information content (AvgIpc) is 2.77. The minimum absolute atomic E-state index is 0.0321. The Bertz CT molecular complexity index is 1270. The third kappa shape index (κ3) is 4.72. The van der Waals surface area contributed by atoms with E-state index in [0.717, 1.165) is 48.5 Å². The number of hydrogen-bond donors (Lipinski definition) is 4. The molecule has 0 fully saturated rings. The van der Waals surface area contributed by atoms with Crippen molar-refractivity contribution in [2.24, 2.45) is 0 Å². The van der Waals surface area contributed by atoms with E-state index in [1.54, 1.807) is 0 Å². The van der Waals surface area contributed by atoms with Crippen molar-refractivity contribution in [1.82, 2.24) is 0 Å². The summed E-state index contributed by atoms with van der Waals surface area (Å²) >= 11 is 0. The van der Waals surface area contributed by atoms with Gasteiger partial charge in [-0.3, -0.25) is 0 Å². The first-order valence-corrected chi connectivity index (χ1v) is 9.24. The second-order valence-corrected chi connectivity index (χ2v) is 7.04. The maximum Gasteiger partial charge on any atom is 0.416 e. The molecular weight excluding hydrogens is 461 g/mol. The van der Waals surface area contributed by atoms with E-state index in [2.05, 4.69) is 0 Å². The second kappa shape index (κ2) is 8.70. The molecule has 34 heavy (non-hydrogen) atoms. The summed E-state index contributed by atoms with van der Waals surface area (Å²) in [6, 6.07) is 8.71. The third-order valence-electron chi connectivity index (χ3n) is 4.89. The number of halogens is 3.